The highest BCUT2D eigenvalue weighted by atomic mass is 16.4. The van der Waals surface area contributed by atoms with Gasteiger partial charge in [-0.2, -0.15) is 0 Å². The first-order valence-electron chi connectivity index (χ1n) is 7.26. The number of rotatable bonds is 8. The normalized spacial score (nSPS) is 10.5. The highest BCUT2D eigenvalue weighted by molar-refractivity contribution is 5.75. The number of carbonyl (C=O) groups is 1. The largest absolute Gasteiger partial charge is 0.441 e. The van der Waals surface area contributed by atoms with Crippen molar-refractivity contribution in [2.75, 3.05) is 13.1 Å². The molecule has 2 rings (SSSR count). The van der Waals surface area contributed by atoms with Gasteiger partial charge in [0.1, 0.15) is 0 Å². The molecule has 5 heteroatoms. The van der Waals surface area contributed by atoms with Crippen molar-refractivity contribution < 1.29 is 9.21 Å². The van der Waals surface area contributed by atoms with Crippen molar-refractivity contribution in [1.29, 1.82) is 0 Å². The van der Waals surface area contributed by atoms with E-state index in [1.807, 2.05) is 30.3 Å². The summed E-state index contributed by atoms with van der Waals surface area (Å²) in [6, 6.07) is 9.79. The number of nitrogens with one attached hydrogen (secondary N) is 1. The second-order valence-corrected chi connectivity index (χ2v) is 4.83. The van der Waals surface area contributed by atoms with Crippen LogP contribution in [0, 0.1) is 0 Å². The van der Waals surface area contributed by atoms with Gasteiger partial charge >= 0.3 is 0 Å². The first kappa shape index (κ1) is 15.3. The predicted molar refractivity (Wildman–Crippen MR) is 81.6 cm³/mol. The van der Waals surface area contributed by atoms with Crippen molar-refractivity contribution in [3.63, 3.8) is 0 Å². The molecule has 112 valence electrons. The fourth-order valence-electron chi connectivity index (χ4n) is 1.97. The maximum Gasteiger partial charge on any atom is 0.220 e. The quantitative estimate of drug-likeness (QED) is 0.729. The van der Waals surface area contributed by atoms with Gasteiger partial charge in [0.15, 0.2) is 11.7 Å². The first-order valence-corrected chi connectivity index (χ1v) is 7.26. The smallest absolute Gasteiger partial charge is 0.220 e. The van der Waals surface area contributed by atoms with Crippen LogP contribution < -0.4 is 11.1 Å². The van der Waals surface area contributed by atoms with E-state index in [1.165, 1.54) is 0 Å². The number of nitrogens with two attached hydrogens (primary N) is 1. The Kier molecular flexibility index (Phi) is 5.97. The van der Waals surface area contributed by atoms with Gasteiger partial charge < -0.3 is 15.5 Å². The Morgan fingerprint density at radius 1 is 1.24 bits per heavy atom. The van der Waals surface area contributed by atoms with Gasteiger partial charge in [-0.15, -0.1) is 0 Å². The highest BCUT2D eigenvalue weighted by Gasteiger charge is 2.08. The van der Waals surface area contributed by atoms with Crippen LogP contribution in [0.5, 0.6) is 0 Å². The molecule has 0 aliphatic rings. The summed E-state index contributed by atoms with van der Waals surface area (Å²) < 4.78 is 5.66. The molecule has 1 amide bonds. The molecule has 5 nitrogen and oxygen atoms in total. The van der Waals surface area contributed by atoms with Crippen molar-refractivity contribution in [3.8, 4) is 11.3 Å². The van der Waals surface area contributed by atoms with E-state index in [2.05, 4.69) is 10.3 Å². The van der Waals surface area contributed by atoms with Gasteiger partial charge in [0.2, 0.25) is 5.91 Å². The Morgan fingerprint density at radius 2 is 2.05 bits per heavy atom. The van der Waals surface area contributed by atoms with Crippen LogP contribution >= 0.6 is 0 Å². The molecule has 0 spiro atoms. The lowest BCUT2D eigenvalue weighted by atomic mass is 10.2. The molecule has 1 aromatic heterocycles. The van der Waals surface area contributed by atoms with E-state index in [4.69, 9.17) is 10.2 Å². The lowest BCUT2D eigenvalue weighted by molar-refractivity contribution is -0.121. The number of amides is 1. The number of hydrogen-bond acceptors (Lipinski definition) is 4. The third-order valence-electron chi connectivity index (χ3n) is 3.13. The number of hydrogen-bond donors (Lipinski definition) is 2. The first-order chi connectivity index (χ1) is 10.3. The van der Waals surface area contributed by atoms with Gasteiger partial charge in [0.05, 0.1) is 6.20 Å². The van der Waals surface area contributed by atoms with Gasteiger partial charge in [-0.05, 0) is 19.4 Å². The third-order valence-corrected chi connectivity index (χ3v) is 3.13. The Balaban J connectivity index is 1.77. The summed E-state index contributed by atoms with van der Waals surface area (Å²) in [5.74, 6) is 1.34. The summed E-state index contributed by atoms with van der Waals surface area (Å²) in [4.78, 5) is 15.9. The summed E-state index contributed by atoms with van der Waals surface area (Å²) in [5.41, 5.74) is 6.39. The summed E-state index contributed by atoms with van der Waals surface area (Å²) in [6.07, 6.45) is 4.44. The standard InChI is InChI=1S/C16H21N3O2/c17-10-4-5-11-18-15(20)8-9-16-19-12-14(21-16)13-6-2-1-3-7-13/h1-3,6-7,12H,4-5,8-11,17H2,(H,18,20). The Hall–Kier alpha value is -2.14. The molecule has 0 aliphatic heterocycles. The molecule has 1 aromatic carbocycles. The highest BCUT2D eigenvalue weighted by Crippen LogP contribution is 2.20. The molecular formula is C16H21N3O2. The molecule has 21 heavy (non-hydrogen) atoms. The van der Waals surface area contributed by atoms with Crippen LogP contribution in [0.25, 0.3) is 11.3 Å². The summed E-state index contributed by atoms with van der Waals surface area (Å²) in [7, 11) is 0. The van der Waals surface area contributed by atoms with E-state index in [0.717, 1.165) is 24.2 Å². The van der Waals surface area contributed by atoms with E-state index in [-0.39, 0.29) is 5.91 Å². The Bertz CT molecular complexity index is 552. The van der Waals surface area contributed by atoms with Gasteiger partial charge in [-0.3, -0.25) is 4.79 Å². The molecule has 0 radical (unpaired) electrons. The zero-order valence-corrected chi connectivity index (χ0v) is 12.0. The average Bonchev–Trinajstić information content (AvgIpc) is 2.99. The van der Waals surface area contributed by atoms with Crippen LogP contribution in [0.4, 0.5) is 0 Å². The molecular weight excluding hydrogens is 266 g/mol. The molecule has 0 aliphatic carbocycles. The maximum absolute atomic E-state index is 11.6. The molecule has 0 unspecified atom stereocenters. The van der Waals surface area contributed by atoms with Crippen molar-refractivity contribution in [3.05, 3.63) is 42.4 Å². The molecule has 0 atom stereocenters. The zero-order chi connectivity index (χ0) is 14.9. The average molecular weight is 287 g/mol. The van der Waals surface area contributed by atoms with E-state index in [1.54, 1.807) is 6.20 Å². The van der Waals surface area contributed by atoms with E-state index in [0.29, 0.717) is 31.8 Å². The number of aromatic nitrogens is 1. The van der Waals surface area contributed by atoms with E-state index < -0.39 is 0 Å². The Morgan fingerprint density at radius 3 is 2.81 bits per heavy atom. The number of aryl methyl sites for hydroxylation is 1. The van der Waals surface area contributed by atoms with Crippen LogP contribution in [0.2, 0.25) is 0 Å². The van der Waals surface area contributed by atoms with Crippen molar-refractivity contribution in [2.24, 2.45) is 5.73 Å². The second kappa shape index (κ2) is 8.21. The second-order valence-electron chi connectivity index (χ2n) is 4.83. The van der Waals surface area contributed by atoms with Gasteiger partial charge in [0.25, 0.3) is 0 Å². The van der Waals surface area contributed by atoms with Crippen molar-refractivity contribution in [2.45, 2.75) is 25.7 Å². The van der Waals surface area contributed by atoms with Crippen LogP contribution in [0.15, 0.2) is 40.9 Å². The summed E-state index contributed by atoms with van der Waals surface area (Å²) >= 11 is 0. The number of benzene rings is 1. The SMILES string of the molecule is NCCCCNC(=O)CCc1ncc(-c2ccccc2)o1. The number of carbonyl (C=O) groups excluding carboxylic acids is 1. The molecule has 0 saturated heterocycles. The number of nitrogens with zero attached hydrogens (tertiary/aromatic N) is 1. The molecule has 0 fully saturated rings. The fraction of sp³-hybridized carbons (Fsp3) is 0.375. The minimum atomic E-state index is 0.0199. The lowest BCUT2D eigenvalue weighted by Crippen LogP contribution is -2.25. The third kappa shape index (κ3) is 5.04. The zero-order valence-electron chi connectivity index (χ0n) is 12.0. The molecule has 0 saturated carbocycles. The van der Waals surface area contributed by atoms with Crippen molar-refractivity contribution >= 4 is 5.91 Å². The number of unbranched alkanes of at least 4 members (excludes halogenated alkanes) is 1. The predicted octanol–water partition coefficient (Wildman–Crippen LogP) is 2.13. The minimum absolute atomic E-state index is 0.0199. The molecule has 2 aromatic rings. The van der Waals surface area contributed by atoms with Crippen LogP contribution in [-0.4, -0.2) is 24.0 Å². The summed E-state index contributed by atoms with van der Waals surface area (Å²) in [5, 5.41) is 2.86. The van der Waals surface area contributed by atoms with Crippen LogP contribution in [-0.2, 0) is 11.2 Å². The molecule has 3 N–H and O–H groups in total. The lowest BCUT2D eigenvalue weighted by Gasteiger charge is -2.03. The monoisotopic (exact) mass is 287 g/mol. The van der Waals surface area contributed by atoms with Gasteiger partial charge in [-0.25, -0.2) is 4.98 Å². The van der Waals surface area contributed by atoms with Crippen LogP contribution in [0.1, 0.15) is 25.2 Å². The molecule has 0 bridgehead atoms. The fourth-order valence-corrected chi connectivity index (χ4v) is 1.97. The minimum Gasteiger partial charge on any atom is -0.441 e. The van der Waals surface area contributed by atoms with E-state index in [9.17, 15) is 4.79 Å². The van der Waals surface area contributed by atoms with Crippen LogP contribution in [0.3, 0.4) is 0 Å². The van der Waals surface area contributed by atoms with E-state index >= 15 is 0 Å². The topological polar surface area (TPSA) is 81.1 Å². The number of oxazole rings is 1. The molecule has 1 heterocycles. The van der Waals surface area contributed by atoms with Gasteiger partial charge in [0, 0.05) is 24.9 Å². The summed E-state index contributed by atoms with van der Waals surface area (Å²) in [6.45, 7) is 1.34. The van der Waals surface area contributed by atoms with Crippen molar-refractivity contribution in [1.82, 2.24) is 10.3 Å². The maximum atomic E-state index is 11.6. The van der Waals surface area contributed by atoms with Gasteiger partial charge in [-0.1, -0.05) is 30.3 Å². The Labute approximate surface area is 124 Å².